The minimum absolute atomic E-state index is 0.0520. The van der Waals surface area contributed by atoms with Crippen LogP contribution in [0.15, 0.2) is 48.9 Å². The standard InChI is InChI=1S/C15H11Br3N2O3/c1-23-9-4-2-8(3-5-9)15(22)20-19-7-10-11(16)6-12(17)14(21)13(10)18/h2-7,21H,1H3,(H,20,22)/b19-7+. The van der Waals surface area contributed by atoms with Crippen molar-refractivity contribution >= 4 is 59.9 Å². The van der Waals surface area contributed by atoms with Crippen molar-refractivity contribution in [3.05, 3.63) is 54.9 Å². The smallest absolute Gasteiger partial charge is 0.271 e. The second-order valence-electron chi connectivity index (χ2n) is 4.34. The van der Waals surface area contributed by atoms with Crippen molar-refractivity contribution in [2.75, 3.05) is 7.11 Å². The predicted octanol–water partition coefficient (Wildman–Crippen LogP) is 4.45. The van der Waals surface area contributed by atoms with E-state index >= 15 is 0 Å². The SMILES string of the molecule is COc1ccc(C(=O)N/N=C/c2c(Br)cc(Br)c(O)c2Br)cc1. The molecule has 0 heterocycles. The highest BCUT2D eigenvalue weighted by atomic mass is 79.9. The lowest BCUT2D eigenvalue weighted by molar-refractivity contribution is 0.0955. The van der Waals surface area contributed by atoms with Gasteiger partial charge in [-0.05, 0) is 62.2 Å². The van der Waals surface area contributed by atoms with E-state index in [1.807, 2.05) is 0 Å². The summed E-state index contributed by atoms with van der Waals surface area (Å²) in [6.07, 6.45) is 1.43. The third kappa shape index (κ3) is 4.33. The van der Waals surface area contributed by atoms with Crippen molar-refractivity contribution in [2.24, 2.45) is 5.10 Å². The number of nitrogens with one attached hydrogen (secondary N) is 1. The number of hydrogen-bond acceptors (Lipinski definition) is 4. The van der Waals surface area contributed by atoms with Crippen LogP contribution in [0.1, 0.15) is 15.9 Å². The van der Waals surface area contributed by atoms with Crippen LogP contribution in [0.3, 0.4) is 0 Å². The van der Waals surface area contributed by atoms with E-state index in [1.165, 1.54) is 6.21 Å². The highest BCUT2D eigenvalue weighted by Crippen LogP contribution is 2.38. The third-order valence-corrected chi connectivity index (χ3v) is 4.96. The van der Waals surface area contributed by atoms with Crippen molar-refractivity contribution < 1.29 is 14.6 Å². The molecule has 0 spiro atoms. The van der Waals surface area contributed by atoms with Crippen molar-refractivity contribution in [1.82, 2.24) is 5.43 Å². The third-order valence-electron chi connectivity index (χ3n) is 2.89. The van der Waals surface area contributed by atoms with Crippen LogP contribution in [0.25, 0.3) is 0 Å². The molecule has 0 radical (unpaired) electrons. The second-order valence-corrected chi connectivity index (χ2v) is 6.85. The Morgan fingerprint density at radius 1 is 1.22 bits per heavy atom. The zero-order valence-electron chi connectivity index (χ0n) is 11.8. The van der Waals surface area contributed by atoms with E-state index in [0.717, 1.165) is 0 Å². The Bertz CT molecular complexity index is 762. The summed E-state index contributed by atoms with van der Waals surface area (Å²) in [7, 11) is 1.56. The predicted molar refractivity (Wildman–Crippen MR) is 99.3 cm³/mol. The highest BCUT2D eigenvalue weighted by Gasteiger charge is 2.12. The maximum atomic E-state index is 12.0. The first-order chi connectivity index (χ1) is 10.9. The summed E-state index contributed by atoms with van der Waals surface area (Å²) in [6.45, 7) is 0. The molecule has 23 heavy (non-hydrogen) atoms. The number of carbonyl (C=O) groups excluding carboxylic acids is 1. The lowest BCUT2D eigenvalue weighted by Crippen LogP contribution is -2.17. The van der Waals surface area contributed by atoms with E-state index in [-0.39, 0.29) is 11.7 Å². The Morgan fingerprint density at radius 3 is 2.48 bits per heavy atom. The molecule has 5 nitrogen and oxygen atoms in total. The summed E-state index contributed by atoms with van der Waals surface area (Å²) < 4.78 is 6.74. The maximum Gasteiger partial charge on any atom is 0.271 e. The Morgan fingerprint density at radius 2 is 1.87 bits per heavy atom. The molecule has 2 aromatic carbocycles. The molecule has 2 rings (SSSR count). The molecule has 2 N–H and O–H groups in total. The van der Waals surface area contributed by atoms with Crippen molar-refractivity contribution in [3.63, 3.8) is 0 Å². The molecule has 0 bridgehead atoms. The summed E-state index contributed by atoms with van der Waals surface area (Å²) >= 11 is 9.88. The van der Waals surface area contributed by atoms with Crippen LogP contribution in [0, 0.1) is 0 Å². The minimum Gasteiger partial charge on any atom is -0.506 e. The van der Waals surface area contributed by atoms with Gasteiger partial charge in [-0.3, -0.25) is 4.79 Å². The van der Waals surface area contributed by atoms with Crippen LogP contribution in [0.5, 0.6) is 11.5 Å². The highest BCUT2D eigenvalue weighted by molar-refractivity contribution is 9.11. The van der Waals surface area contributed by atoms with Crippen LogP contribution >= 0.6 is 47.8 Å². The molecular formula is C15H11Br3N2O3. The number of rotatable bonds is 4. The first-order valence-electron chi connectivity index (χ1n) is 6.28. The van der Waals surface area contributed by atoms with E-state index in [1.54, 1.807) is 37.4 Å². The fourth-order valence-electron chi connectivity index (χ4n) is 1.68. The van der Waals surface area contributed by atoms with Gasteiger partial charge in [0.2, 0.25) is 0 Å². The Balaban J connectivity index is 2.12. The van der Waals surface area contributed by atoms with Gasteiger partial charge < -0.3 is 9.84 Å². The fourth-order valence-corrected chi connectivity index (χ4v) is 4.00. The normalized spacial score (nSPS) is 10.8. The van der Waals surface area contributed by atoms with E-state index < -0.39 is 0 Å². The number of aromatic hydroxyl groups is 1. The number of halogens is 3. The van der Waals surface area contributed by atoms with Gasteiger partial charge in [-0.2, -0.15) is 5.10 Å². The number of phenolic OH excluding ortho intramolecular Hbond substituents is 1. The van der Waals surface area contributed by atoms with Gasteiger partial charge in [-0.1, -0.05) is 15.9 Å². The largest absolute Gasteiger partial charge is 0.506 e. The number of hydrogen-bond donors (Lipinski definition) is 2. The molecule has 0 aliphatic rings. The molecular weight excluding hydrogens is 496 g/mol. The number of phenols is 1. The van der Waals surface area contributed by atoms with Crippen LogP contribution in [-0.2, 0) is 0 Å². The van der Waals surface area contributed by atoms with Gasteiger partial charge in [0.1, 0.15) is 11.5 Å². The summed E-state index contributed by atoms with van der Waals surface area (Å²) in [6, 6.07) is 8.35. The van der Waals surface area contributed by atoms with Gasteiger partial charge in [0, 0.05) is 15.6 Å². The van der Waals surface area contributed by atoms with E-state index in [2.05, 4.69) is 58.3 Å². The molecule has 0 unspecified atom stereocenters. The zero-order valence-corrected chi connectivity index (χ0v) is 16.6. The van der Waals surface area contributed by atoms with Crippen molar-refractivity contribution in [3.8, 4) is 11.5 Å². The minimum atomic E-state index is -0.350. The number of nitrogens with zero attached hydrogens (tertiary/aromatic N) is 1. The molecule has 8 heteroatoms. The molecule has 0 aromatic heterocycles. The van der Waals surface area contributed by atoms with Crippen LogP contribution in [-0.4, -0.2) is 24.3 Å². The monoisotopic (exact) mass is 504 g/mol. The number of benzene rings is 2. The number of hydrazone groups is 1. The molecule has 0 atom stereocenters. The van der Waals surface area contributed by atoms with Gasteiger partial charge in [-0.15, -0.1) is 0 Å². The number of carbonyl (C=O) groups is 1. The molecule has 2 aromatic rings. The van der Waals surface area contributed by atoms with Gasteiger partial charge in [0.25, 0.3) is 5.91 Å². The average molecular weight is 507 g/mol. The summed E-state index contributed by atoms with van der Waals surface area (Å²) in [4.78, 5) is 12.0. The quantitative estimate of drug-likeness (QED) is 0.475. The van der Waals surface area contributed by atoms with Gasteiger partial charge in [0.15, 0.2) is 0 Å². The molecule has 0 fully saturated rings. The van der Waals surface area contributed by atoms with Gasteiger partial charge >= 0.3 is 0 Å². The molecule has 1 amide bonds. The fraction of sp³-hybridized carbons (Fsp3) is 0.0667. The Labute approximate surface area is 158 Å². The molecule has 0 aliphatic carbocycles. The molecule has 0 aliphatic heterocycles. The maximum absolute atomic E-state index is 12.0. The topological polar surface area (TPSA) is 70.9 Å². The first-order valence-corrected chi connectivity index (χ1v) is 8.66. The number of methoxy groups -OCH3 is 1. The van der Waals surface area contributed by atoms with Gasteiger partial charge in [0.05, 0.1) is 22.3 Å². The zero-order chi connectivity index (χ0) is 17.0. The summed E-state index contributed by atoms with van der Waals surface area (Å²) in [5.41, 5.74) is 3.48. The van der Waals surface area contributed by atoms with E-state index in [9.17, 15) is 9.90 Å². The summed E-state index contributed by atoms with van der Waals surface area (Å²) in [5.74, 6) is 0.372. The van der Waals surface area contributed by atoms with Crippen molar-refractivity contribution in [1.29, 1.82) is 0 Å². The molecule has 0 saturated heterocycles. The second kappa shape index (κ2) is 7.94. The van der Waals surface area contributed by atoms with E-state index in [0.29, 0.717) is 30.3 Å². The number of amides is 1. The Hall–Kier alpha value is -1.38. The lowest BCUT2D eigenvalue weighted by atomic mass is 10.2. The van der Waals surface area contributed by atoms with Gasteiger partial charge in [-0.25, -0.2) is 5.43 Å². The molecule has 0 saturated carbocycles. The first kappa shape index (κ1) is 18.0. The van der Waals surface area contributed by atoms with Crippen LogP contribution in [0.2, 0.25) is 0 Å². The Kier molecular flexibility index (Phi) is 6.20. The molecule has 120 valence electrons. The van der Waals surface area contributed by atoms with Crippen LogP contribution < -0.4 is 10.2 Å². The average Bonchev–Trinajstić information content (AvgIpc) is 2.55. The van der Waals surface area contributed by atoms with Crippen molar-refractivity contribution in [2.45, 2.75) is 0 Å². The van der Waals surface area contributed by atoms with Crippen LogP contribution in [0.4, 0.5) is 0 Å². The summed E-state index contributed by atoms with van der Waals surface area (Å²) in [5, 5.41) is 13.8. The van der Waals surface area contributed by atoms with E-state index in [4.69, 9.17) is 4.74 Å². The lowest BCUT2D eigenvalue weighted by Gasteiger charge is -2.07. The number of ether oxygens (including phenoxy) is 1.